The Hall–Kier alpha value is -3.22. The summed E-state index contributed by atoms with van der Waals surface area (Å²) < 4.78 is 15.9. The normalized spacial score (nSPS) is 17.9. The van der Waals surface area contributed by atoms with E-state index in [4.69, 9.17) is 14.2 Å². The van der Waals surface area contributed by atoms with Gasteiger partial charge in [-0.25, -0.2) is 0 Å². The second-order valence-corrected chi connectivity index (χ2v) is 6.52. The predicted octanol–water partition coefficient (Wildman–Crippen LogP) is 2.21. The summed E-state index contributed by atoms with van der Waals surface area (Å²) in [7, 11) is 1.53. The molecule has 0 saturated carbocycles. The SMILES string of the molecule is COc1ccccc1C(=O)NCC1CC(=O)N(c2ccc3c(c2)OCO3)C1. The zero-order valence-electron chi connectivity index (χ0n) is 14.9. The van der Waals surface area contributed by atoms with Crippen LogP contribution in [0.1, 0.15) is 16.8 Å². The predicted molar refractivity (Wildman–Crippen MR) is 98.4 cm³/mol. The van der Waals surface area contributed by atoms with Crippen LogP contribution in [0, 0.1) is 5.92 Å². The monoisotopic (exact) mass is 368 g/mol. The molecule has 7 nitrogen and oxygen atoms in total. The Morgan fingerprint density at radius 3 is 2.89 bits per heavy atom. The molecule has 27 heavy (non-hydrogen) atoms. The zero-order chi connectivity index (χ0) is 18.8. The number of methoxy groups -OCH3 is 1. The van der Waals surface area contributed by atoms with Crippen molar-refractivity contribution in [3.8, 4) is 17.2 Å². The largest absolute Gasteiger partial charge is 0.496 e. The van der Waals surface area contributed by atoms with E-state index in [-0.39, 0.29) is 24.5 Å². The zero-order valence-corrected chi connectivity index (χ0v) is 14.9. The van der Waals surface area contributed by atoms with Crippen molar-refractivity contribution >= 4 is 17.5 Å². The van der Waals surface area contributed by atoms with E-state index in [1.165, 1.54) is 7.11 Å². The summed E-state index contributed by atoms with van der Waals surface area (Å²) in [6.07, 6.45) is 0.390. The topological polar surface area (TPSA) is 77.1 Å². The van der Waals surface area contributed by atoms with Crippen LogP contribution in [-0.4, -0.2) is 38.8 Å². The van der Waals surface area contributed by atoms with Crippen LogP contribution in [-0.2, 0) is 4.79 Å². The van der Waals surface area contributed by atoms with Gasteiger partial charge in [-0.15, -0.1) is 0 Å². The number of para-hydroxylation sites is 1. The first kappa shape index (κ1) is 17.2. The molecule has 2 aliphatic rings. The van der Waals surface area contributed by atoms with Gasteiger partial charge >= 0.3 is 0 Å². The minimum Gasteiger partial charge on any atom is -0.496 e. The van der Waals surface area contributed by atoms with E-state index in [2.05, 4.69) is 5.32 Å². The fourth-order valence-corrected chi connectivity index (χ4v) is 3.39. The summed E-state index contributed by atoms with van der Waals surface area (Å²) >= 11 is 0. The number of nitrogens with one attached hydrogen (secondary N) is 1. The first-order valence-corrected chi connectivity index (χ1v) is 8.77. The molecule has 0 radical (unpaired) electrons. The average Bonchev–Trinajstić information content (AvgIpc) is 3.31. The van der Waals surface area contributed by atoms with Crippen molar-refractivity contribution in [2.24, 2.45) is 5.92 Å². The number of anilines is 1. The molecule has 1 saturated heterocycles. The molecular formula is C20H20N2O5. The van der Waals surface area contributed by atoms with Crippen molar-refractivity contribution in [3.05, 3.63) is 48.0 Å². The van der Waals surface area contributed by atoms with Crippen LogP contribution in [0.4, 0.5) is 5.69 Å². The highest BCUT2D eigenvalue weighted by atomic mass is 16.7. The maximum absolute atomic E-state index is 12.4. The van der Waals surface area contributed by atoms with Crippen LogP contribution in [0.15, 0.2) is 42.5 Å². The summed E-state index contributed by atoms with van der Waals surface area (Å²) in [5.41, 5.74) is 1.26. The lowest BCUT2D eigenvalue weighted by molar-refractivity contribution is -0.117. The molecule has 0 aromatic heterocycles. The van der Waals surface area contributed by atoms with Crippen molar-refractivity contribution in [3.63, 3.8) is 0 Å². The summed E-state index contributed by atoms with van der Waals surface area (Å²) in [5, 5.41) is 2.91. The number of carbonyl (C=O) groups excluding carboxylic acids is 2. The Morgan fingerprint density at radius 2 is 2.04 bits per heavy atom. The van der Waals surface area contributed by atoms with Crippen molar-refractivity contribution < 1.29 is 23.8 Å². The van der Waals surface area contributed by atoms with Gasteiger partial charge in [0.05, 0.1) is 12.7 Å². The number of carbonyl (C=O) groups is 2. The van der Waals surface area contributed by atoms with E-state index >= 15 is 0 Å². The highest BCUT2D eigenvalue weighted by Gasteiger charge is 2.31. The van der Waals surface area contributed by atoms with Crippen molar-refractivity contribution in [2.75, 3.05) is 31.9 Å². The number of hydrogen-bond donors (Lipinski definition) is 1. The molecule has 7 heteroatoms. The first-order valence-electron chi connectivity index (χ1n) is 8.77. The third kappa shape index (κ3) is 3.40. The molecule has 2 aliphatic heterocycles. The molecule has 2 aromatic carbocycles. The fraction of sp³-hybridized carbons (Fsp3) is 0.300. The molecule has 2 amide bonds. The fourth-order valence-electron chi connectivity index (χ4n) is 3.39. The lowest BCUT2D eigenvalue weighted by Gasteiger charge is -2.17. The standard InChI is InChI=1S/C20H20N2O5/c1-25-16-5-3-2-4-15(16)20(24)21-10-13-8-19(23)22(11-13)14-6-7-17-18(9-14)27-12-26-17/h2-7,9,13H,8,10-12H2,1H3,(H,21,24). The second-order valence-electron chi connectivity index (χ2n) is 6.52. The Labute approximate surface area is 156 Å². The maximum Gasteiger partial charge on any atom is 0.255 e. The lowest BCUT2D eigenvalue weighted by atomic mass is 10.1. The minimum atomic E-state index is -0.207. The van der Waals surface area contributed by atoms with Crippen LogP contribution < -0.4 is 24.4 Å². The smallest absolute Gasteiger partial charge is 0.255 e. The van der Waals surface area contributed by atoms with Crippen LogP contribution >= 0.6 is 0 Å². The molecule has 0 aliphatic carbocycles. The number of hydrogen-bond acceptors (Lipinski definition) is 5. The van der Waals surface area contributed by atoms with Gasteiger partial charge in [0.2, 0.25) is 12.7 Å². The molecule has 1 fully saturated rings. The molecule has 0 spiro atoms. The van der Waals surface area contributed by atoms with Gasteiger partial charge in [-0.2, -0.15) is 0 Å². The maximum atomic E-state index is 12.4. The Balaban J connectivity index is 1.39. The third-order valence-corrected chi connectivity index (χ3v) is 4.78. The highest BCUT2D eigenvalue weighted by molar-refractivity contribution is 5.98. The van der Waals surface area contributed by atoms with Gasteiger partial charge in [-0.3, -0.25) is 9.59 Å². The molecule has 2 heterocycles. The highest BCUT2D eigenvalue weighted by Crippen LogP contribution is 2.37. The average molecular weight is 368 g/mol. The van der Waals surface area contributed by atoms with E-state index in [1.54, 1.807) is 23.1 Å². The van der Waals surface area contributed by atoms with Crippen molar-refractivity contribution in [2.45, 2.75) is 6.42 Å². The van der Waals surface area contributed by atoms with E-state index < -0.39 is 0 Å². The quantitative estimate of drug-likeness (QED) is 0.876. The molecule has 4 rings (SSSR count). The van der Waals surface area contributed by atoms with Gasteiger partial charge in [-0.05, 0) is 24.3 Å². The van der Waals surface area contributed by atoms with Crippen LogP contribution in [0.25, 0.3) is 0 Å². The molecule has 1 unspecified atom stereocenters. The molecule has 0 bridgehead atoms. The summed E-state index contributed by atoms with van der Waals surface area (Å²) in [4.78, 5) is 26.6. The number of ether oxygens (including phenoxy) is 3. The molecule has 2 aromatic rings. The Bertz CT molecular complexity index is 882. The van der Waals surface area contributed by atoms with Crippen LogP contribution in [0.5, 0.6) is 17.2 Å². The Morgan fingerprint density at radius 1 is 1.22 bits per heavy atom. The van der Waals surface area contributed by atoms with E-state index in [0.717, 1.165) is 5.69 Å². The number of amides is 2. The number of benzene rings is 2. The van der Waals surface area contributed by atoms with Crippen LogP contribution in [0.3, 0.4) is 0 Å². The van der Waals surface area contributed by atoms with Gasteiger partial charge in [0.25, 0.3) is 5.91 Å². The van der Waals surface area contributed by atoms with Gasteiger partial charge < -0.3 is 24.4 Å². The van der Waals surface area contributed by atoms with Gasteiger partial charge in [0.1, 0.15) is 5.75 Å². The molecule has 1 atom stereocenters. The van der Waals surface area contributed by atoms with Crippen LogP contribution in [0.2, 0.25) is 0 Å². The van der Waals surface area contributed by atoms with E-state index in [1.807, 2.05) is 24.3 Å². The first-order chi connectivity index (χ1) is 13.2. The molecular weight excluding hydrogens is 348 g/mol. The summed E-state index contributed by atoms with van der Waals surface area (Å²) in [6, 6.07) is 12.5. The van der Waals surface area contributed by atoms with Crippen molar-refractivity contribution in [1.29, 1.82) is 0 Å². The van der Waals surface area contributed by atoms with Gasteiger partial charge in [0.15, 0.2) is 11.5 Å². The van der Waals surface area contributed by atoms with Gasteiger partial charge in [0, 0.05) is 37.2 Å². The summed E-state index contributed by atoms with van der Waals surface area (Å²) in [5.74, 6) is 1.73. The van der Waals surface area contributed by atoms with E-state index in [9.17, 15) is 9.59 Å². The van der Waals surface area contributed by atoms with E-state index in [0.29, 0.717) is 42.3 Å². The Kier molecular flexibility index (Phi) is 4.58. The second kappa shape index (κ2) is 7.19. The number of nitrogens with zero attached hydrogens (tertiary/aromatic N) is 1. The number of rotatable bonds is 5. The molecule has 140 valence electrons. The molecule has 1 N–H and O–H groups in total. The van der Waals surface area contributed by atoms with Gasteiger partial charge in [-0.1, -0.05) is 12.1 Å². The third-order valence-electron chi connectivity index (χ3n) is 4.78. The number of fused-ring (bicyclic) bond motifs is 1. The lowest BCUT2D eigenvalue weighted by Crippen LogP contribution is -2.31. The van der Waals surface area contributed by atoms with Crippen molar-refractivity contribution in [1.82, 2.24) is 5.32 Å². The summed E-state index contributed by atoms with van der Waals surface area (Å²) in [6.45, 7) is 1.17. The minimum absolute atomic E-state index is 0.0328.